The molecule has 0 atom stereocenters. The number of para-hydroxylation sites is 1. The van der Waals surface area contributed by atoms with E-state index in [1.807, 2.05) is 60.7 Å². The molecule has 1 heterocycles. The molecule has 1 N–H and O–H groups in total. The predicted octanol–water partition coefficient (Wildman–Crippen LogP) is 4.84. The van der Waals surface area contributed by atoms with Gasteiger partial charge in [-0.2, -0.15) is 0 Å². The Morgan fingerprint density at radius 3 is 2.56 bits per heavy atom. The fourth-order valence-corrected chi connectivity index (χ4v) is 2.94. The molecule has 1 amide bonds. The smallest absolute Gasteiger partial charge is 0.252 e. The van der Waals surface area contributed by atoms with Gasteiger partial charge in [0.1, 0.15) is 0 Å². The van der Waals surface area contributed by atoms with Gasteiger partial charge in [0.05, 0.1) is 16.8 Å². The summed E-state index contributed by atoms with van der Waals surface area (Å²) in [5, 5.41) is 3.88. The third-order valence-corrected chi connectivity index (χ3v) is 4.42. The molecule has 0 aliphatic heterocycles. The highest BCUT2D eigenvalue weighted by Crippen LogP contribution is 2.24. The zero-order valence-electron chi connectivity index (χ0n) is 15.8. The predicted molar refractivity (Wildman–Crippen MR) is 110 cm³/mol. The van der Waals surface area contributed by atoms with Crippen molar-refractivity contribution in [2.24, 2.45) is 0 Å². The van der Waals surface area contributed by atoms with Crippen LogP contribution in [0.25, 0.3) is 22.2 Å². The molecule has 0 saturated heterocycles. The number of rotatable bonds is 9. The van der Waals surface area contributed by atoms with Gasteiger partial charge in [0, 0.05) is 30.7 Å². The van der Waals surface area contributed by atoms with Crippen molar-refractivity contribution in [1.29, 1.82) is 0 Å². The topological polar surface area (TPSA) is 51.2 Å². The number of aromatic nitrogens is 1. The number of nitrogens with zero attached hydrogens (tertiary/aromatic N) is 1. The Bertz CT molecular complexity index is 878. The number of carbonyl (C=O) groups excluding carboxylic acids is 1. The minimum Gasteiger partial charge on any atom is -0.381 e. The number of nitrogens with one attached hydrogen (secondary N) is 1. The number of pyridine rings is 1. The van der Waals surface area contributed by atoms with Gasteiger partial charge in [-0.25, -0.2) is 4.98 Å². The summed E-state index contributed by atoms with van der Waals surface area (Å²) >= 11 is 0. The lowest BCUT2D eigenvalue weighted by Gasteiger charge is -2.11. The summed E-state index contributed by atoms with van der Waals surface area (Å²) in [7, 11) is 0. The Morgan fingerprint density at radius 1 is 1.00 bits per heavy atom. The molecule has 1 aromatic heterocycles. The van der Waals surface area contributed by atoms with Crippen LogP contribution >= 0.6 is 0 Å². The Hall–Kier alpha value is -2.72. The molecule has 4 heteroatoms. The number of carbonyl (C=O) groups is 1. The summed E-state index contributed by atoms with van der Waals surface area (Å²) in [4.78, 5) is 17.5. The van der Waals surface area contributed by atoms with Gasteiger partial charge in [-0.05, 0) is 25.0 Å². The van der Waals surface area contributed by atoms with Crippen LogP contribution in [0.4, 0.5) is 0 Å². The van der Waals surface area contributed by atoms with Crippen molar-refractivity contribution >= 4 is 16.8 Å². The van der Waals surface area contributed by atoms with Gasteiger partial charge < -0.3 is 10.1 Å². The minimum absolute atomic E-state index is 0.0701. The average Bonchev–Trinajstić information content (AvgIpc) is 2.72. The van der Waals surface area contributed by atoms with Gasteiger partial charge in [-0.3, -0.25) is 4.79 Å². The number of amides is 1. The number of ether oxygens (including phenoxy) is 1. The normalized spacial score (nSPS) is 10.9. The first kappa shape index (κ1) is 19.1. The Morgan fingerprint density at radius 2 is 1.74 bits per heavy atom. The molecule has 4 nitrogen and oxygen atoms in total. The van der Waals surface area contributed by atoms with E-state index in [0.29, 0.717) is 18.7 Å². The molecule has 2 aromatic carbocycles. The summed E-state index contributed by atoms with van der Waals surface area (Å²) < 4.78 is 5.55. The second kappa shape index (κ2) is 9.83. The van der Waals surface area contributed by atoms with E-state index in [0.717, 1.165) is 48.0 Å². The molecule has 3 rings (SSSR count). The Balaban J connectivity index is 1.73. The van der Waals surface area contributed by atoms with Crippen molar-refractivity contribution in [2.45, 2.75) is 26.2 Å². The van der Waals surface area contributed by atoms with E-state index < -0.39 is 0 Å². The SMILES string of the molecule is CCCCOCCCNC(=O)c1cc(-c2ccccc2)nc2ccccc12. The number of fused-ring (bicyclic) bond motifs is 1. The summed E-state index contributed by atoms with van der Waals surface area (Å²) in [6.07, 6.45) is 3.03. The zero-order valence-corrected chi connectivity index (χ0v) is 15.8. The van der Waals surface area contributed by atoms with Gasteiger partial charge in [-0.15, -0.1) is 0 Å². The number of hydrogen-bond acceptors (Lipinski definition) is 3. The lowest BCUT2D eigenvalue weighted by atomic mass is 10.0. The molecular formula is C23H26N2O2. The van der Waals surface area contributed by atoms with E-state index >= 15 is 0 Å². The largest absolute Gasteiger partial charge is 0.381 e. The third kappa shape index (κ3) is 5.14. The first-order valence-electron chi connectivity index (χ1n) is 9.60. The standard InChI is InChI=1S/C23H26N2O2/c1-2-3-15-27-16-9-14-24-23(26)20-17-22(18-10-5-4-6-11-18)25-21-13-8-7-12-19(20)21/h4-8,10-13,17H,2-3,9,14-16H2,1H3,(H,24,26). The van der Waals surface area contributed by atoms with Gasteiger partial charge in [0.15, 0.2) is 0 Å². The first-order valence-corrected chi connectivity index (χ1v) is 9.60. The van der Waals surface area contributed by atoms with Crippen molar-refractivity contribution in [3.05, 3.63) is 66.2 Å². The molecule has 27 heavy (non-hydrogen) atoms. The summed E-state index contributed by atoms with van der Waals surface area (Å²) in [6, 6.07) is 19.6. The summed E-state index contributed by atoms with van der Waals surface area (Å²) in [5.74, 6) is -0.0701. The fraction of sp³-hybridized carbons (Fsp3) is 0.304. The molecular weight excluding hydrogens is 336 g/mol. The maximum atomic E-state index is 12.8. The lowest BCUT2D eigenvalue weighted by Crippen LogP contribution is -2.25. The van der Waals surface area contributed by atoms with Crippen LogP contribution in [0.5, 0.6) is 0 Å². The van der Waals surface area contributed by atoms with E-state index in [2.05, 4.69) is 12.2 Å². The highest BCUT2D eigenvalue weighted by molar-refractivity contribution is 6.07. The second-order valence-corrected chi connectivity index (χ2v) is 6.51. The van der Waals surface area contributed by atoms with Crippen LogP contribution < -0.4 is 5.32 Å². The maximum Gasteiger partial charge on any atom is 0.252 e. The van der Waals surface area contributed by atoms with Crippen LogP contribution in [0.1, 0.15) is 36.5 Å². The molecule has 0 bridgehead atoms. The molecule has 0 aliphatic carbocycles. The van der Waals surface area contributed by atoms with Crippen molar-refractivity contribution < 1.29 is 9.53 Å². The number of unbranched alkanes of at least 4 members (excludes halogenated alkanes) is 1. The van der Waals surface area contributed by atoms with Crippen LogP contribution in [0, 0.1) is 0 Å². The molecule has 0 aliphatic rings. The van der Waals surface area contributed by atoms with Gasteiger partial charge >= 0.3 is 0 Å². The van der Waals surface area contributed by atoms with Crippen molar-refractivity contribution in [1.82, 2.24) is 10.3 Å². The van der Waals surface area contributed by atoms with Crippen LogP contribution in [0.15, 0.2) is 60.7 Å². The van der Waals surface area contributed by atoms with E-state index in [1.165, 1.54) is 0 Å². The van der Waals surface area contributed by atoms with Crippen molar-refractivity contribution in [2.75, 3.05) is 19.8 Å². The van der Waals surface area contributed by atoms with Crippen LogP contribution in [-0.4, -0.2) is 30.6 Å². The Labute approximate surface area is 160 Å². The number of benzene rings is 2. The zero-order chi connectivity index (χ0) is 18.9. The molecule has 0 saturated carbocycles. The van der Waals surface area contributed by atoms with E-state index in [4.69, 9.17) is 9.72 Å². The third-order valence-electron chi connectivity index (χ3n) is 4.42. The Kier molecular flexibility index (Phi) is 6.94. The van der Waals surface area contributed by atoms with E-state index in [9.17, 15) is 4.79 Å². The second-order valence-electron chi connectivity index (χ2n) is 6.51. The quantitative estimate of drug-likeness (QED) is 0.554. The van der Waals surface area contributed by atoms with E-state index in [1.54, 1.807) is 0 Å². The van der Waals surface area contributed by atoms with Crippen LogP contribution in [0.3, 0.4) is 0 Å². The summed E-state index contributed by atoms with van der Waals surface area (Å²) in [6.45, 7) is 4.21. The molecule has 3 aromatic rings. The molecule has 0 fully saturated rings. The van der Waals surface area contributed by atoms with Gasteiger partial charge in [0.25, 0.3) is 5.91 Å². The number of hydrogen-bond donors (Lipinski definition) is 1. The molecule has 0 spiro atoms. The monoisotopic (exact) mass is 362 g/mol. The highest BCUT2D eigenvalue weighted by atomic mass is 16.5. The minimum atomic E-state index is -0.0701. The molecule has 140 valence electrons. The van der Waals surface area contributed by atoms with Crippen molar-refractivity contribution in [3.8, 4) is 11.3 Å². The average molecular weight is 362 g/mol. The van der Waals surface area contributed by atoms with Gasteiger partial charge in [0.2, 0.25) is 0 Å². The summed E-state index contributed by atoms with van der Waals surface area (Å²) in [5.41, 5.74) is 3.29. The van der Waals surface area contributed by atoms with Crippen LogP contribution in [0.2, 0.25) is 0 Å². The molecule has 0 unspecified atom stereocenters. The lowest BCUT2D eigenvalue weighted by molar-refractivity contribution is 0.0942. The fourth-order valence-electron chi connectivity index (χ4n) is 2.94. The maximum absolute atomic E-state index is 12.8. The molecule has 0 radical (unpaired) electrons. The van der Waals surface area contributed by atoms with E-state index in [-0.39, 0.29) is 5.91 Å². The van der Waals surface area contributed by atoms with Gasteiger partial charge in [-0.1, -0.05) is 61.9 Å². The van der Waals surface area contributed by atoms with Crippen LogP contribution in [-0.2, 0) is 4.74 Å². The first-order chi connectivity index (χ1) is 13.3. The highest BCUT2D eigenvalue weighted by Gasteiger charge is 2.13. The van der Waals surface area contributed by atoms with Crippen molar-refractivity contribution in [3.63, 3.8) is 0 Å².